The van der Waals surface area contributed by atoms with Gasteiger partial charge in [0.05, 0.1) is 12.1 Å². The molecular weight excluding hydrogens is 288 g/mol. The number of nitrogens with one attached hydrogen (secondary N) is 2. The Balaban J connectivity index is 1.72. The second-order valence-corrected chi connectivity index (χ2v) is 6.51. The molecule has 0 spiro atoms. The van der Waals surface area contributed by atoms with Gasteiger partial charge in [-0.3, -0.25) is 4.79 Å². The zero-order valence-corrected chi connectivity index (χ0v) is 13.1. The van der Waals surface area contributed by atoms with Gasteiger partial charge in [-0.25, -0.2) is 0 Å². The number of carbonyl (C=O) groups excluding carboxylic acids is 1. The molecule has 0 bridgehead atoms. The number of hydrogen-bond acceptors (Lipinski definition) is 3. The van der Waals surface area contributed by atoms with Gasteiger partial charge in [0, 0.05) is 17.3 Å². The quantitative estimate of drug-likeness (QED) is 0.783. The maximum Gasteiger partial charge on any atom is 0.238 e. The highest BCUT2D eigenvalue weighted by Crippen LogP contribution is 2.31. The van der Waals surface area contributed by atoms with Crippen LogP contribution in [0.25, 0.3) is 0 Å². The van der Waals surface area contributed by atoms with E-state index in [1.165, 1.54) is 0 Å². The van der Waals surface area contributed by atoms with Crippen molar-refractivity contribution in [1.29, 1.82) is 0 Å². The highest BCUT2D eigenvalue weighted by atomic mass is 35.5. The minimum Gasteiger partial charge on any atom is -0.389 e. The molecule has 21 heavy (non-hydrogen) atoms. The summed E-state index contributed by atoms with van der Waals surface area (Å²) in [5.74, 6) is 0.557. The van der Waals surface area contributed by atoms with Crippen LogP contribution in [-0.4, -0.2) is 29.7 Å². The molecule has 1 aromatic carbocycles. The van der Waals surface area contributed by atoms with Crippen molar-refractivity contribution >= 4 is 23.2 Å². The summed E-state index contributed by atoms with van der Waals surface area (Å²) < 4.78 is 0. The summed E-state index contributed by atoms with van der Waals surface area (Å²) in [6.45, 7) is 2.86. The van der Waals surface area contributed by atoms with Gasteiger partial charge in [-0.2, -0.15) is 0 Å². The molecule has 0 aromatic heterocycles. The van der Waals surface area contributed by atoms with Gasteiger partial charge in [0.25, 0.3) is 0 Å². The van der Waals surface area contributed by atoms with Crippen LogP contribution in [0.5, 0.6) is 0 Å². The molecule has 0 aliphatic heterocycles. The lowest BCUT2D eigenvalue weighted by Gasteiger charge is -2.35. The smallest absolute Gasteiger partial charge is 0.238 e. The lowest BCUT2D eigenvalue weighted by atomic mass is 9.79. The monoisotopic (exact) mass is 310 g/mol. The molecule has 0 radical (unpaired) electrons. The summed E-state index contributed by atoms with van der Waals surface area (Å²) in [7, 11) is 0. The number of hydrogen-bond donors (Lipinski definition) is 3. The molecule has 3 N–H and O–H groups in total. The first-order valence-electron chi connectivity index (χ1n) is 7.45. The molecule has 5 heteroatoms. The molecule has 1 amide bonds. The summed E-state index contributed by atoms with van der Waals surface area (Å²) in [6, 6.07) is 7.04. The summed E-state index contributed by atoms with van der Waals surface area (Å²) in [5, 5.41) is 16.8. The first-order valence-corrected chi connectivity index (χ1v) is 7.83. The standard InChI is InChI=1S/C16H23ClN2O2/c1-12-5-7-16(21,8-6-12)11-18-10-15(20)19-14-4-2-3-13(17)9-14/h2-4,9,12,18,21H,5-8,10-11H2,1H3,(H,19,20). The Labute approximate surface area is 130 Å². The number of carbonyl (C=O) groups is 1. The molecule has 0 saturated heterocycles. The molecule has 2 rings (SSSR count). The molecule has 4 nitrogen and oxygen atoms in total. The fourth-order valence-corrected chi connectivity index (χ4v) is 2.85. The largest absolute Gasteiger partial charge is 0.389 e. The number of amides is 1. The van der Waals surface area contributed by atoms with E-state index in [1.807, 2.05) is 0 Å². The van der Waals surface area contributed by atoms with E-state index in [2.05, 4.69) is 17.6 Å². The van der Waals surface area contributed by atoms with Crippen molar-refractivity contribution in [1.82, 2.24) is 5.32 Å². The first kappa shape index (κ1) is 16.3. The number of aliphatic hydroxyl groups is 1. The van der Waals surface area contributed by atoms with Gasteiger partial charge in [-0.05, 0) is 49.8 Å². The number of rotatable bonds is 5. The number of anilines is 1. The average Bonchev–Trinajstić information content (AvgIpc) is 2.42. The third-order valence-corrected chi connectivity index (χ3v) is 4.29. The molecule has 0 heterocycles. The third-order valence-electron chi connectivity index (χ3n) is 4.05. The zero-order chi connectivity index (χ0) is 15.3. The molecule has 0 atom stereocenters. The molecule has 116 valence electrons. The SMILES string of the molecule is CC1CCC(O)(CNCC(=O)Nc2cccc(Cl)c2)CC1. The van der Waals surface area contributed by atoms with Crippen molar-refractivity contribution in [2.45, 2.75) is 38.2 Å². The third kappa shape index (κ3) is 5.30. The van der Waals surface area contributed by atoms with Crippen LogP contribution in [0.4, 0.5) is 5.69 Å². The first-order chi connectivity index (χ1) is 9.97. The predicted molar refractivity (Wildman–Crippen MR) is 85.5 cm³/mol. The van der Waals surface area contributed by atoms with Crippen molar-refractivity contribution in [3.63, 3.8) is 0 Å². The summed E-state index contributed by atoms with van der Waals surface area (Å²) in [5.41, 5.74) is 0.0163. The van der Waals surface area contributed by atoms with Crippen LogP contribution in [0.1, 0.15) is 32.6 Å². The molecule has 1 aliphatic carbocycles. The Bertz CT molecular complexity index is 485. The zero-order valence-electron chi connectivity index (χ0n) is 12.4. The van der Waals surface area contributed by atoms with Gasteiger partial charge in [-0.1, -0.05) is 24.6 Å². The van der Waals surface area contributed by atoms with E-state index in [1.54, 1.807) is 24.3 Å². The van der Waals surface area contributed by atoms with Gasteiger partial charge in [0.15, 0.2) is 0 Å². The van der Waals surface area contributed by atoms with Gasteiger partial charge in [-0.15, -0.1) is 0 Å². The minimum atomic E-state index is -0.664. The van der Waals surface area contributed by atoms with Gasteiger partial charge in [0.1, 0.15) is 0 Å². The van der Waals surface area contributed by atoms with Crippen LogP contribution in [0.2, 0.25) is 5.02 Å². The summed E-state index contributed by atoms with van der Waals surface area (Å²) >= 11 is 5.86. The fourth-order valence-electron chi connectivity index (χ4n) is 2.66. The second-order valence-electron chi connectivity index (χ2n) is 6.07. The van der Waals surface area contributed by atoms with E-state index in [0.29, 0.717) is 23.2 Å². The lowest BCUT2D eigenvalue weighted by Crippen LogP contribution is -2.45. The highest BCUT2D eigenvalue weighted by Gasteiger charge is 2.31. The van der Waals surface area contributed by atoms with Gasteiger partial charge in [0.2, 0.25) is 5.91 Å². The maximum absolute atomic E-state index is 11.8. The Hall–Kier alpha value is -1.10. The van der Waals surface area contributed by atoms with Crippen LogP contribution >= 0.6 is 11.6 Å². The number of halogens is 1. The minimum absolute atomic E-state index is 0.134. The van der Waals surface area contributed by atoms with Crippen molar-refractivity contribution < 1.29 is 9.90 Å². The Morgan fingerprint density at radius 3 is 2.81 bits per heavy atom. The molecule has 1 fully saturated rings. The Kier molecular flexibility index (Phi) is 5.62. The van der Waals surface area contributed by atoms with Crippen molar-refractivity contribution in [2.75, 3.05) is 18.4 Å². The van der Waals surface area contributed by atoms with Crippen LogP contribution < -0.4 is 10.6 Å². The number of benzene rings is 1. The van der Waals surface area contributed by atoms with Gasteiger partial charge >= 0.3 is 0 Å². The van der Waals surface area contributed by atoms with Crippen molar-refractivity contribution in [3.8, 4) is 0 Å². The van der Waals surface area contributed by atoms with Crippen LogP contribution in [-0.2, 0) is 4.79 Å². The molecule has 1 aliphatic rings. The lowest BCUT2D eigenvalue weighted by molar-refractivity contribution is -0.115. The molecule has 1 aromatic rings. The second kappa shape index (κ2) is 7.25. The van der Waals surface area contributed by atoms with E-state index in [4.69, 9.17) is 11.6 Å². The van der Waals surface area contributed by atoms with Crippen molar-refractivity contribution in [3.05, 3.63) is 29.3 Å². The normalized spacial score (nSPS) is 25.6. The van der Waals surface area contributed by atoms with E-state index < -0.39 is 5.60 Å². The Morgan fingerprint density at radius 1 is 1.43 bits per heavy atom. The van der Waals surface area contributed by atoms with E-state index in [0.717, 1.165) is 25.7 Å². The van der Waals surface area contributed by atoms with Crippen molar-refractivity contribution in [2.24, 2.45) is 5.92 Å². The molecule has 1 saturated carbocycles. The fraction of sp³-hybridized carbons (Fsp3) is 0.562. The van der Waals surface area contributed by atoms with Crippen LogP contribution in [0.3, 0.4) is 0 Å². The van der Waals surface area contributed by atoms with Crippen LogP contribution in [0, 0.1) is 5.92 Å². The van der Waals surface area contributed by atoms with Crippen LogP contribution in [0.15, 0.2) is 24.3 Å². The van der Waals surface area contributed by atoms with E-state index in [9.17, 15) is 9.90 Å². The van der Waals surface area contributed by atoms with E-state index >= 15 is 0 Å². The average molecular weight is 311 g/mol. The topological polar surface area (TPSA) is 61.4 Å². The van der Waals surface area contributed by atoms with Gasteiger partial charge < -0.3 is 15.7 Å². The molecular formula is C16H23ClN2O2. The molecule has 0 unspecified atom stereocenters. The van der Waals surface area contributed by atoms with E-state index in [-0.39, 0.29) is 12.5 Å². The summed E-state index contributed by atoms with van der Waals surface area (Å²) in [6.07, 6.45) is 3.70. The highest BCUT2D eigenvalue weighted by molar-refractivity contribution is 6.30. The maximum atomic E-state index is 11.8. The Morgan fingerprint density at radius 2 is 2.14 bits per heavy atom. The predicted octanol–water partition coefficient (Wildman–Crippen LogP) is 2.81. The summed E-state index contributed by atoms with van der Waals surface area (Å²) in [4.78, 5) is 11.8.